The minimum absolute atomic E-state index is 0.0224. The average Bonchev–Trinajstić information content (AvgIpc) is 2.96. The van der Waals surface area contributed by atoms with Crippen LogP contribution in [0.1, 0.15) is 29.3 Å². The van der Waals surface area contributed by atoms with Crippen LogP contribution in [-0.2, 0) is 26.2 Å². The molecular formula is C21H22FN3O5S. The summed E-state index contributed by atoms with van der Waals surface area (Å²) >= 11 is 0. The highest BCUT2D eigenvalue weighted by Gasteiger charge is 2.41. The molecule has 31 heavy (non-hydrogen) atoms. The predicted molar refractivity (Wildman–Crippen MR) is 110 cm³/mol. The lowest BCUT2D eigenvalue weighted by Crippen LogP contribution is -2.47. The second-order valence-electron chi connectivity index (χ2n) is 7.07. The Balaban J connectivity index is 1.78. The van der Waals surface area contributed by atoms with E-state index < -0.39 is 39.6 Å². The Labute approximate surface area is 179 Å². The van der Waals surface area contributed by atoms with Crippen molar-refractivity contribution in [2.75, 3.05) is 13.6 Å². The Morgan fingerprint density at radius 1 is 1.13 bits per heavy atom. The van der Waals surface area contributed by atoms with Crippen LogP contribution in [0, 0.1) is 5.82 Å². The number of halogens is 1. The van der Waals surface area contributed by atoms with E-state index in [0.717, 1.165) is 0 Å². The summed E-state index contributed by atoms with van der Waals surface area (Å²) in [5.74, 6) is -2.04. The second-order valence-corrected chi connectivity index (χ2v) is 8.90. The Kier molecular flexibility index (Phi) is 6.40. The van der Waals surface area contributed by atoms with E-state index in [-0.39, 0.29) is 30.0 Å². The van der Waals surface area contributed by atoms with Crippen LogP contribution >= 0.6 is 0 Å². The number of nitrogens with zero attached hydrogens (tertiary/aromatic N) is 2. The maximum absolute atomic E-state index is 13.2. The molecule has 2 aromatic rings. The molecule has 1 N–H and O–H groups in total. The van der Waals surface area contributed by atoms with Crippen molar-refractivity contribution in [3.05, 3.63) is 65.5 Å². The van der Waals surface area contributed by atoms with Gasteiger partial charge in [0, 0.05) is 26.6 Å². The summed E-state index contributed by atoms with van der Waals surface area (Å²) < 4.78 is 39.2. The molecular weight excluding hydrogens is 425 g/mol. The van der Waals surface area contributed by atoms with Gasteiger partial charge in [0.1, 0.15) is 16.8 Å². The van der Waals surface area contributed by atoms with Crippen LogP contribution in [0.25, 0.3) is 0 Å². The number of rotatable bonds is 7. The number of nitrogens with one attached hydrogen (secondary N) is 1. The molecule has 1 aliphatic heterocycles. The molecule has 0 unspecified atom stereocenters. The largest absolute Gasteiger partial charge is 0.357 e. The van der Waals surface area contributed by atoms with Crippen LogP contribution in [0.4, 0.5) is 4.39 Å². The monoisotopic (exact) mass is 447 g/mol. The second kappa shape index (κ2) is 8.84. The predicted octanol–water partition coefficient (Wildman–Crippen LogP) is 1.52. The minimum Gasteiger partial charge on any atom is -0.357 e. The zero-order valence-electron chi connectivity index (χ0n) is 17.0. The third-order valence-electron chi connectivity index (χ3n) is 5.12. The molecule has 3 rings (SSSR count). The molecule has 164 valence electrons. The summed E-state index contributed by atoms with van der Waals surface area (Å²) in [5.41, 5.74) is 0.666. The van der Waals surface area contributed by atoms with Gasteiger partial charge in [-0.25, -0.2) is 17.1 Å². The van der Waals surface area contributed by atoms with Gasteiger partial charge in [-0.15, -0.1) is 0 Å². The minimum atomic E-state index is -4.03. The molecule has 0 bridgehead atoms. The third kappa shape index (κ3) is 4.43. The zero-order chi connectivity index (χ0) is 22.8. The number of amides is 3. The van der Waals surface area contributed by atoms with Crippen molar-refractivity contribution in [1.29, 1.82) is 0 Å². The van der Waals surface area contributed by atoms with Crippen LogP contribution in [0.15, 0.2) is 53.4 Å². The highest BCUT2D eigenvalue weighted by molar-refractivity contribution is 7.90. The van der Waals surface area contributed by atoms with Gasteiger partial charge in [-0.05, 0) is 36.8 Å². The number of benzene rings is 2. The smallest absolute Gasteiger partial charge is 0.269 e. The Bertz CT molecular complexity index is 1120. The first-order valence-corrected chi connectivity index (χ1v) is 11.0. The molecule has 1 heterocycles. The van der Waals surface area contributed by atoms with Crippen LogP contribution in [0.3, 0.4) is 0 Å². The van der Waals surface area contributed by atoms with Gasteiger partial charge in [-0.1, -0.05) is 24.3 Å². The highest BCUT2D eigenvalue weighted by atomic mass is 32.2. The molecule has 0 spiro atoms. The molecule has 0 saturated heterocycles. The first kappa shape index (κ1) is 22.4. The molecule has 8 nitrogen and oxygen atoms in total. The summed E-state index contributed by atoms with van der Waals surface area (Å²) in [6.45, 7) is 1.21. The standard InChI is InChI=1S/C21H22FN3O5S/c1-14(20(27)23-2)24(13-15-7-9-16(22)10-8-15)19(26)11-12-25-21(28)17-5-3-4-6-18(17)31(25,29)30/h3-10,14H,11-13H2,1-2H3,(H,23,27)/t14-/m1/s1. The van der Waals surface area contributed by atoms with Crippen molar-refractivity contribution >= 4 is 27.7 Å². The van der Waals surface area contributed by atoms with Crippen molar-refractivity contribution < 1.29 is 27.2 Å². The van der Waals surface area contributed by atoms with Gasteiger partial charge in [-0.3, -0.25) is 14.4 Å². The van der Waals surface area contributed by atoms with E-state index in [9.17, 15) is 27.2 Å². The van der Waals surface area contributed by atoms with E-state index in [1.807, 2.05) is 0 Å². The number of carbonyl (C=O) groups excluding carboxylic acids is 3. The fourth-order valence-electron chi connectivity index (χ4n) is 3.37. The molecule has 1 atom stereocenters. The summed E-state index contributed by atoms with van der Waals surface area (Å²) in [5, 5.41) is 2.47. The SMILES string of the molecule is CNC(=O)[C@@H](C)N(Cc1ccc(F)cc1)C(=O)CCN1C(=O)c2ccccc2S1(=O)=O. The topological polar surface area (TPSA) is 104 Å². The van der Waals surface area contributed by atoms with Gasteiger partial charge >= 0.3 is 0 Å². The van der Waals surface area contributed by atoms with Crippen molar-refractivity contribution in [1.82, 2.24) is 14.5 Å². The molecule has 1 aliphatic rings. The number of hydrogen-bond donors (Lipinski definition) is 1. The molecule has 0 aliphatic carbocycles. The van der Waals surface area contributed by atoms with Crippen molar-refractivity contribution in [2.24, 2.45) is 0 Å². The molecule has 3 amide bonds. The lowest BCUT2D eigenvalue weighted by Gasteiger charge is -2.29. The first-order valence-electron chi connectivity index (χ1n) is 9.58. The summed E-state index contributed by atoms with van der Waals surface area (Å²) in [7, 11) is -2.59. The Hall–Kier alpha value is -3.27. The quantitative estimate of drug-likeness (QED) is 0.693. The maximum Gasteiger partial charge on any atom is 0.269 e. The number of sulfonamides is 1. The first-order chi connectivity index (χ1) is 14.7. The summed E-state index contributed by atoms with van der Waals surface area (Å²) in [4.78, 5) is 38.8. The number of likely N-dealkylation sites (N-methyl/N-ethyl adjacent to an activating group) is 1. The van der Waals surface area contributed by atoms with E-state index in [0.29, 0.717) is 9.87 Å². The normalized spacial score (nSPS) is 15.3. The molecule has 0 saturated carbocycles. The molecule has 0 radical (unpaired) electrons. The van der Waals surface area contributed by atoms with Gasteiger partial charge in [0.15, 0.2) is 0 Å². The van der Waals surface area contributed by atoms with Crippen molar-refractivity contribution in [2.45, 2.75) is 30.8 Å². The van der Waals surface area contributed by atoms with E-state index in [1.165, 1.54) is 61.3 Å². The van der Waals surface area contributed by atoms with Gasteiger partial charge in [-0.2, -0.15) is 0 Å². The van der Waals surface area contributed by atoms with E-state index in [2.05, 4.69) is 5.32 Å². The maximum atomic E-state index is 13.2. The molecule has 0 fully saturated rings. The Morgan fingerprint density at radius 3 is 2.39 bits per heavy atom. The molecule has 2 aromatic carbocycles. The van der Waals surface area contributed by atoms with Crippen LogP contribution < -0.4 is 5.32 Å². The fourth-order valence-corrected chi connectivity index (χ4v) is 4.94. The van der Waals surface area contributed by atoms with Crippen LogP contribution in [0.2, 0.25) is 0 Å². The average molecular weight is 447 g/mol. The number of fused-ring (bicyclic) bond motifs is 1. The van der Waals surface area contributed by atoms with Gasteiger partial charge in [0.05, 0.1) is 5.56 Å². The molecule has 0 aromatic heterocycles. The number of carbonyl (C=O) groups is 3. The zero-order valence-corrected chi connectivity index (χ0v) is 17.9. The van der Waals surface area contributed by atoms with Crippen molar-refractivity contribution in [3.8, 4) is 0 Å². The van der Waals surface area contributed by atoms with E-state index >= 15 is 0 Å². The van der Waals surface area contributed by atoms with Gasteiger partial charge < -0.3 is 10.2 Å². The van der Waals surface area contributed by atoms with Gasteiger partial charge in [0.25, 0.3) is 15.9 Å². The summed E-state index contributed by atoms with van der Waals surface area (Å²) in [6.07, 6.45) is -0.304. The third-order valence-corrected chi connectivity index (χ3v) is 6.96. The highest BCUT2D eigenvalue weighted by Crippen LogP contribution is 2.30. The van der Waals surface area contributed by atoms with Crippen molar-refractivity contribution in [3.63, 3.8) is 0 Å². The lowest BCUT2D eigenvalue weighted by atomic mass is 10.1. The van der Waals surface area contributed by atoms with E-state index in [1.54, 1.807) is 6.07 Å². The van der Waals surface area contributed by atoms with E-state index in [4.69, 9.17) is 0 Å². The van der Waals surface area contributed by atoms with Crippen LogP contribution in [0.5, 0.6) is 0 Å². The summed E-state index contributed by atoms with van der Waals surface area (Å²) in [6, 6.07) is 10.5. The lowest BCUT2D eigenvalue weighted by molar-refractivity contribution is -0.140. The van der Waals surface area contributed by atoms with Gasteiger partial charge in [0.2, 0.25) is 11.8 Å². The molecule has 10 heteroatoms. The number of hydrogen-bond acceptors (Lipinski definition) is 5. The Morgan fingerprint density at radius 2 is 1.77 bits per heavy atom. The van der Waals surface area contributed by atoms with Crippen LogP contribution in [-0.4, -0.2) is 55.0 Å². The fraction of sp³-hybridized carbons (Fsp3) is 0.286.